The third-order valence-electron chi connectivity index (χ3n) is 4.57. The standard InChI is InChI=1S/C22H21FN2O3/c1-14(16-5-6-18-13-20(28-2)10-7-17(18)12-16)22(27)25-24-21(26)11-15-3-8-19(23)9-4-15/h3-10,12-14H,11H2,1-2H3,(H,24,26)(H,25,27)/t14-/m1/s1. The van der Waals surface area contributed by atoms with E-state index in [4.69, 9.17) is 4.74 Å². The van der Waals surface area contributed by atoms with Gasteiger partial charge in [0.05, 0.1) is 19.4 Å². The minimum atomic E-state index is -0.447. The molecule has 3 aromatic carbocycles. The van der Waals surface area contributed by atoms with Gasteiger partial charge < -0.3 is 4.74 Å². The minimum absolute atomic E-state index is 0.0484. The van der Waals surface area contributed by atoms with Crippen LogP contribution in [-0.2, 0) is 16.0 Å². The van der Waals surface area contributed by atoms with E-state index in [0.717, 1.165) is 22.1 Å². The van der Waals surface area contributed by atoms with Crippen molar-refractivity contribution in [2.75, 3.05) is 7.11 Å². The molecule has 3 aromatic rings. The summed E-state index contributed by atoms with van der Waals surface area (Å²) >= 11 is 0. The molecule has 0 aliphatic rings. The average Bonchev–Trinajstić information content (AvgIpc) is 2.72. The Morgan fingerprint density at radius 1 is 0.964 bits per heavy atom. The molecule has 0 aromatic heterocycles. The van der Waals surface area contributed by atoms with Crippen LogP contribution in [0.3, 0.4) is 0 Å². The quantitative estimate of drug-likeness (QED) is 0.666. The molecular weight excluding hydrogens is 359 g/mol. The van der Waals surface area contributed by atoms with Crippen molar-refractivity contribution in [3.63, 3.8) is 0 Å². The molecule has 0 unspecified atom stereocenters. The highest BCUT2D eigenvalue weighted by Crippen LogP contribution is 2.25. The fourth-order valence-corrected chi connectivity index (χ4v) is 2.86. The Morgan fingerprint density at radius 3 is 2.36 bits per heavy atom. The summed E-state index contributed by atoms with van der Waals surface area (Å²) in [7, 11) is 1.62. The lowest BCUT2D eigenvalue weighted by Gasteiger charge is -2.14. The van der Waals surface area contributed by atoms with Crippen LogP contribution in [0.5, 0.6) is 5.75 Å². The smallest absolute Gasteiger partial charge is 0.245 e. The summed E-state index contributed by atoms with van der Waals surface area (Å²) in [5, 5.41) is 2.02. The van der Waals surface area contributed by atoms with Crippen LogP contribution in [0, 0.1) is 5.82 Å². The molecule has 0 aliphatic heterocycles. The minimum Gasteiger partial charge on any atom is -0.497 e. The van der Waals surface area contributed by atoms with E-state index in [1.807, 2.05) is 36.4 Å². The van der Waals surface area contributed by atoms with E-state index in [1.165, 1.54) is 24.3 Å². The van der Waals surface area contributed by atoms with Crippen molar-refractivity contribution in [2.24, 2.45) is 0 Å². The predicted octanol–water partition coefficient (Wildman–Crippen LogP) is 3.48. The number of hydrogen-bond donors (Lipinski definition) is 2. The molecule has 28 heavy (non-hydrogen) atoms. The first kappa shape index (κ1) is 19.4. The maximum absolute atomic E-state index is 12.9. The van der Waals surface area contributed by atoms with Gasteiger partial charge in [-0.05, 0) is 53.1 Å². The second-order valence-corrected chi connectivity index (χ2v) is 6.53. The number of amides is 2. The number of nitrogens with one attached hydrogen (secondary N) is 2. The maximum Gasteiger partial charge on any atom is 0.245 e. The number of fused-ring (bicyclic) bond motifs is 1. The van der Waals surface area contributed by atoms with Gasteiger partial charge in [-0.3, -0.25) is 20.4 Å². The van der Waals surface area contributed by atoms with Gasteiger partial charge in [0, 0.05) is 0 Å². The molecule has 6 heteroatoms. The Morgan fingerprint density at radius 2 is 1.64 bits per heavy atom. The number of halogens is 1. The molecule has 0 spiro atoms. The first-order valence-corrected chi connectivity index (χ1v) is 8.87. The number of methoxy groups -OCH3 is 1. The number of carbonyl (C=O) groups excluding carboxylic acids is 2. The van der Waals surface area contributed by atoms with Crippen LogP contribution in [0.4, 0.5) is 4.39 Å². The van der Waals surface area contributed by atoms with E-state index in [9.17, 15) is 14.0 Å². The zero-order valence-electron chi connectivity index (χ0n) is 15.7. The van der Waals surface area contributed by atoms with E-state index in [2.05, 4.69) is 10.9 Å². The Bertz CT molecular complexity index is 1000. The van der Waals surface area contributed by atoms with Crippen LogP contribution >= 0.6 is 0 Å². The van der Waals surface area contributed by atoms with Crippen molar-refractivity contribution in [3.8, 4) is 5.75 Å². The van der Waals surface area contributed by atoms with Gasteiger partial charge in [-0.25, -0.2) is 4.39 Å². The van der Waals surface area contributed by atoms with Crippen molar-refractivity contribution >= 4 is 22.6 Å². The second kappa shape index (κ2) is 8.52. The average molecular weight is 380 g/mol. The predicted molar refractivity (Wildman–Crippen MR) is 105 cm³/mol. The maximum atomic E-state index is 12.9. The first-order chi connectivity index (χ1) is 13.5. The molecule has 0 radical (unpaired) electrons. The van der Waals surface area contributed by atoms with Crippen molar-refractivity contribution in [1.82, 2.24) is 10.9 Å². The first-order valence-electron chi connectivity index (χ1n) is 8.87. The Hall–Kier alpha value is -3.41. The zero-order valence-corrected chi connectivity index (χ0v) is 15.7. The summed E-state index contributed by atoms with van der Waals surface area (Å²) < 4.78 is 18.1. The lowest BCUT2D eigenvalue weighted by Crippen LogP contribution is -2.44. The molecule has 0 bridgehead atoms. The molecule has 0 heterocycles. The SMILES string of the molecule is COc1ccc2cc([C@@H](C)C(=O)NNC(=O)Cc3ccc(F)cc3)ccc2c1. The summed E-state index contributed by atoms with van der Waals surface area (Å²) in [6.07, 6.45) is 0.0484. The number of rotatable bonds is 5. The number of benzene rings is 3. The Kier molecular flexibility index (Phi) is 5.89. The van der Waals surface area contributed by atoms with Gasteiger partial charge in [-0.15, -0.1) is 0 Å². The largest absolute Gasteiger partial charge is 0.497 e. The molecule has 144 valence electrons. The topological polar surface area (TPSA) is 67.4 Å². The number of ether oxygens (including phenoxy) is 1. The van der Waals surface area contributed by atoms with Crippen molar-refractivity contribution < 1.29 is 18.7 Å². The Labute approximate surface area is 162 Å². The molecule has 2 N–H and O–H groups in total. The van der Waals surface area contributed by atoms with Gasteiger partial charge >= 0.3 is 0 Å². The molecule has 0 aliphatic carbocycles. The van der Waals surface area contributed by atoms with Gasteiger partial charge in [0.25, 0.3) is 0 Å². The monoisotopic (exact) mass is 380 g/mol. The third-order valence-corrected chi connectivity index (χ3v) is 4.57. The van der Waals surface area contributed by atoms with Gasteiger partial charge in [0.2, 0.25) is 11.8 Å². The molecule has 5 nitrogen and oxygen atoms in total. The van der Waals surface area contributed by atoms with E-state index in [0.29, 0.717) is 5.56 Å². The fourth-order valence-electron chi connectivity index (χ4n) is 2.86. The molecule has 0 saturated heterocycles. The van der Waals surface area contributed by atoms with Crippen molar-refractivity contribution in [1.29, 1.82) is 0 Å². The summed E-state index contributed by atoms with van der Waals surface area (Å²) in [4.78, 5) is 24.4. The van der Waals surface area contributed by atoms with Gasteiger partial charge in [-0.2, -0.15) is 0 Å². The molecule has 0 saturated carbocycles. The highest BCUT2D eigenvalue weighted by Gasteiger charge is 2.16. The van der Waals surface area contributed by atoms with Gasteiger partial charge in [-0.1, -0.05) is 36.4 Å². The van der Waals surface area contributed by atoms with E-state index in [1.54, 1.807) is 14.0 Å². The highest BCUT2D eigenvalue weighted by molar-refractivity contribution is 5.89. The summed E-state index contributed by atoms with van der Waals surface area (Å²) in [5.74, 6) is -0.731. The summed E-state index contributed by atoms with van der Waals surface area (Å²) in [6, 6.07) is 17.1. The highest BCUT2D eigenvalue weighted by atomic mass is 19.1. The van der Waals surface area contributed by atoms with Crippen LogP contribution in [0.25, 0.3) is 10.8 Å². The van der Waals surface area contributed by atoms with E-state index < -0.39 is 5.92 Å². The molecular formula is C22H21FN2O3. The van der Waals surface area contributed by atoms with Crippen LogP contribution in [-0.4, -0.2) is 18.9 Å². The number of carbonyl (C=O) groups is 2. The van der Waals surface area contributed by atoms with Gasteiger partial charge in [0.15, 0.2) is 0 Å². The molecule has 1 atom stereocenters. The lowest BCUT2D eigenvalue weighted by molar-refractivity contribution is -0.129. The molecule has 3 rings (SSSR count). The van der Waals surface area contributed by atoms with Crippen LogP contribution in [0.15, 0.2) is 60.7 Å². The number of hydrazine groups is 1. The van der Waals surface area contributed by atoms with Crippen LogP contribution in [0.2, 0.25) is 0 Å². The fraction of sp³-hybridized carbons (Fsp3) is 0.182. The molecule has 0 fully saturated rings. The van der Waals surface area contributed by atoms with Crippen molar-refractivity contribution in [2.45, 2.75) is 19.3 Å². The normalized spacial score (nSPS) is 11.7. The molecule has 2 amide bonds. The third kappa shape index (κ3) is 4.65. The zero-order chi connectivity index (χ0) is 20.1. The summed E-state index contributed by atoms with van der Waals surface area (Å²) in [5.41, 5.74) is 6.34. The van der Waals surface area contributed by atoms with Crippen LogP contribution in [0.1, 0.15) is 24.0 Å². The number of hydrogen-bond acceptors (Lipinski definition) is 3. The van der Waals surface area contributed by atoms with E-state index in [-0.39, 0.29) is 24.1 Å². The van der Waals surface area contributed by atoms with Crippen molar-refractivity contribution in [3.05, 3.63) is 77.6 Å². The second-order valence-electron chi connectivity index (χ2n) is 6.53. The Balaban J connectivity index is 1.59. The summed E-state index contributed by atoms with van der Waals surface area (Å²) in [6.45, 7) is 1.77. The van der Waals surface area contributed by atoms with E-state index >= 15 is 0 Å². The van der Waals surface area contributed by atoms with Gasteiger partial charge in [0.1, 0.15) is 11.6 Å². The van der Waals surface area contributed by atoms with Crippen LogP contribution < -0.4 is 15.6 Å². The lowest BCUT2D eigenvalue weighted by atomic mass is 9.97.